The summed E-state index contributed by atoms with van der Waals surface area (Å²) in [6.45, 7) is 0. The molecule has 3 aromatic rings. The molecule has 0 fully saturated rings. The third kappa shape index (κ3) is 3.26. The number of benzene rings is 2. The van der Waals surface area contributed by atoms with Crippen LogP contribution in [0.15, 0.2) is 59.1 Å². The van der Waals surface area contributed by atoms with E-state index in [1.807, 2.05) is 42.5 Å². The molecule has 1 heterocycles. The first-order valence-electron chi connectivity index (χ1n) is 6.69. The molecule has 1 atom stereocenters. The van der Waals surface area contributed by atoms with Crippen LogP contribution in [-0.2, 0) is 6.42 Å². The molecule has 0 saturated carbocycles. The van der Waals surface area contributed by atoms with Gasteiger partial charge in [-0.05, 0) is 45.8 Å². The lowest BCUT2D eigenvalue weighted by molar-refractivity contribution is 0.708. The van der Waals surface area contributed by atoms with E-state index in [0.29, 0.717) is 11.4 Å². The van der Waals surface area contributed by atoms with Crippen molar-refractivity contribution in [3.8, 4) is 0 Å². The fourth-order valence-corrected chi connectivity index (χ4v) is 2.82. The average Bonchev–Trinajstić information content (AvgIpc) is 2.50. The summed E-state index contributed by atoms with van der Waals surface area (Å²) in [6.07, 6.45) is 0.693. The van der Waals surface area contributed by atoms with Crippen LogP contribution in [0.2, 0.25) is 5.02 Å². The van der Waals surface area contributed by atoms with Gasteiger partial charge in [-0.2, -0.15) is 0 Å². The molecule has 21 heavy (non-hydrogen) atoms. The Hall–Kier alpha value is -1.42. The van der Waals surface area contributed by atoms with Crippen molar-refractivity contribution in [1.29, 1.82) is 0 Å². The highest BCUT2D eigenvalue weighted by Crippen LogP contribution is 2.26. The second-order valence-electron chi connectivity index (χ2n) is 4.98. The molecule has 0 aliphatic carbocycles. The fourth-order valence-electron chi connectivity index (χ4n) is 2.31. The summed E-state index contributed by atoms with van der Waals surface area (Å²) >= 11 is 9.44. The van der Waals surface area contributed by atoms with Crippen LogP contribution in [0.4, 0.5) is 0 Å². The van der Waals surface area contributed by atoms with Gasteiger partial charge in [-0.3, -0.25) is 4.98 Å². The third-order valence-corrected chi connectivity index (χ3v) is 4.67. The molecule has 2 N–H and O–H groups in total. The van der Waals surface area contributed by atoms with E-state index in [4.69, 9.17) is 17.3 Å². The third-order valence-electron chi connectivity index (χ3n) is 3.46. The van der Waals surface area contributed by atoms with Crippen molar-refractivity contribution in [3.05, 3.63) is 75.4 Å². The van der Waals surface area contributed by atoms with Gasteiger partial charge in [0.15, 0.2) is 0 Å². The van der Waals surface area contributed by atoms with E-state index >= 15 is 0 Å². The Balaban J connectivity index is 1.85. The number of para-hydroxylation sites is 1. The van der Waals surface area contributed by atoms with Gasteiger partial charge in [-0.25, -0.2) is 0 Å². The molecule has 0 aliphatic heterocycles. The van der Waals surface area contributed by atoms with Crippen LogP contribution in [0.5, 0.6) is 0 Å². The maximum atomic E-state index is 6.29. The number of hydrogen-bond donors (Lipinski definition) is 1. The lowest BCUT2D eigenvalue weighted by atomic mass is 10.0. The Morgan fingerprint density at radius 3 is 2.71 bits per heavy atom. The Bertz CT molecular complexity index is 789. The number of nitrogens with zero attached hydrogens (tertiary/aromatic N) is 1. The Kier molecular flexibility index (Phi) is 4.24. The topological polar surface area (TPSA) is 38.9 Å². The highest BCUT2D eigenvalue weighted by molar-refractivity contribution is 9.10. The van der Waals surface area contributed by atoms with Crippen molar-refractivity contribution in [2.24, 2.45) is 5.73 Å². The van der Waals surface area contributed by atoms with Gasteiger partial charge in [0, 0.05) is 28.0 Å². The first kappa shape index (κ1) is 14.5. The molecule has 3 rings (SSSR count). The minimum atomic E-state index is -0.104. The van der Waals surface area contributed by atoms with Crippen molar-refractivity contribution in [3.63, 3.8) is 0 Å². The van der Waals surface area contributed by atoms with E-state index in [2.05, 4.69) is 33.0 Å². The van der Waals surface area contributed by atoms with Gasteiger partial charge >= 0.3 is 0 Å². The first-order chi connectivity index (χ1) is 10.1. The van der Waals surface area contributed by atoms with Crippen molar-refractivity contribution in [1.82, 2.24) is 4.98 Å². The largest absolute Gasteiger partial charge is 0.324 e. The van der Waals surface area contributed by atoms with Crippen LogP contribution in [0.25, 0.3) is 10.9 Å². The number of fused-ring (bicyclic) bond motifs is 1. The molecule has 0 radical (unpaired) electrons. The molecule has 0 aliphatic rings. The molecule has 0 amide bonds. The molecule has 1 aromatic heterocycles. The second-order valence-corrected chi connectivity index (χ2v) is 6.24. The highest BCUT2D eigenvalue weighted by Gasteiger charge is 2.10. The zero-order valence-electron chi connectivity index (χ0n) is 11.3. The molecule has 1 unspecified atom stereocenters. The number of pyridine rings is 1. The van der Waals surface area contributed by atoms with E-state index in [0.717, 1.165) is 26.6 Å². The summed E-state index contributed by atoms with van der Waals surface area (Å²) < 4.78 is 0.864. The van der Waals surface area contributed by atoms with Gasteiger partial charge in [-0.1, -0.05) is 41.9 Å². The summed E-state index contributed by atoms with van der Waals surface area (Å²) in [4.78, 5) is 4.66. The molecule has 2 aromatic carbocycles. The fraction of sp³-hybridized carbons (Fsp3) is 0.118. The molecule has 4 heteroatoms. The van der Waals surface area contributed by atoms with Crippen LogP contribution in [0.3, 0.4) is 0 Å². The smallest absolute Gasteiger partial charge is 0.0705 e. The average molecular weight is 362 g/mol. The minimum absolute atomic E-state index is 0.104. The number of nitrogens with two attached hydrogens (primary N) is 1. The van der Waals surface area contributed by atoms with Crippen LogP contribution >= 0.6 is 27.5 Å². The highest BCUT2D eigenvalue weighted by atomic mass is 79.9. The quantitative estimate of drug-likeness (QED) is 0.721. The summed E-state index contributed by atoms with van der Waals surface area (Å²) in [5.41, 5.74) is 9.32. The van der Waals surface area contributed by atoms with E-state index in [-0.39, 0.29) is 6.04 Å². The lowest BCUT2D eigenvalue weighted by Gasteiger charge is -2.13. The summed E-state index contributed by atoms with van der Waals surface area (Å²) in [5, 5.41) is 1.83. The normalized spacial score (nSPS) is 12.5. The van der Waals surface area contributed by atoms with Crippen molar-refractivity contribution < 1.29 is 0 Å². The predicted octanol–water partition coefficient (Wildman–Crippen LogP) is 4.89. The minimum Gasteiger partial charge on any atom is -0.324 e. The van der Waals surface area contributed by atoms with E-state index in [9.17, 15) is 0 Å². The van der Waals surface area contributed by atoms with Gasteiger partial charge < -0.3 is 5.73 Å². The number of rotatable bonds is 3. The number of hydrogen-bond acceptors (Lipinski definition) is 2. The number of aromatic nitrogens is 1. The standard InChI is InChI=1S/C17H14BrClN2/c18-14-9-12(6-8-15(14)19)16(20)10-13-7-5-11-3-1-2-4-17(11)21-13/h1-9,16H,10,20H2. The van der Waals surface area contributed by atoms with Gasteiger partial charge in [0.05, 0.1) is 10.5 Å². The summed E-state index contributed by atoms with van der Waals surface area (Å²) in [5.74, 6) is 0. The second kappa shape index (κ2) is 6.14. The van der Waals surface area contributed by atoms with Crippen LogP contribution in [0, 0.1) is 0 Å². The molecular weight excluding hydrogens is 348 g/mol. The van der Waals surface area contributed by atoms with Crippen LogP contribution < -0.4 is 5.73 Å². The van der Waals surface area contributed by atoms with E-state index in [1.54, 1.807) is 0 Å². The van der Waals surface area contributed by atoms with Crippen molar-refractivity contribution in [2.75, 3.05) is 0 Å². The van der Waals surface area contributed by atoms with Crippen molar-refractivity contribution >= 4 is 38.4 Å². The Labute approximate surface area is 137 Å². The molecule has 0 bridgehead atoms. The van der Waals surface area contributed by atoms with Crippen LogP contribution in [0.1, 0.15) is 17.3 Å². The van der Waals surface area contributed by atoms with E-state index in [1.165, 1.54) is 0 Å². The molecule has 2 nitrogen and oxygen atoms in total. The lowest BCUT2D eigenvalue weighted by Crippen LogP contribution is -2.14. The maximum absolute atomic E-state index is 6.29. The van der Waals surface area contributed by atoms with Gasteiger partial charge in [0.2, 0.25) is 0 Å². The van der Waals surface area contributed by atoms with Crippen molar-refractivity contribution in [2.45, 2.75) is 12.5 Å². The molecule has 106 valence electrons. The van der Waals surface area contributed by atoms with Crippen LogP contribution in [-0.4, -0.2) is 4.98 Å². The zero-order valence-corrected chi connectivity index (χ0v) is 13.6. The Morgan fingerprint density at radius 1 is 1.10 bits per heavy atom. The van der Waals surface area contributed by atoms with Gasteiger partial charge in [0.1, 0.15) is 0 Å². The monoisotopic (exact) mass is 360 g/mol. The summed E-state index contributed by atoms with van der Waals surface area (Å²) in [6, 6.07) is 17.9. The van der Waals surface area contributed by atoms with E-state index < -0.39 is 0 Å². The molecule has 0 spiro atoms. The first-order valence-corrected chi connectivity index (χ1v) is 7.86. The predicted molar refractivity (Wildman–Crippen MR) is 91.5 cm³/mol. The molecule has 0 saturated heterocycles. The Morgan fingerprint density at radius 2 is 1.90 bits per heavy atom. The summed E-state index contributed by atoms with van der Waals surface area (Å²) in [7, 11) is 0. The van der Waals surface area contributed by atoms with Gasteiger partial charge in [0.25, 0.3) is 0 Å². The SMILES string of the molecule is NC(Cc1ccc2ccccc2n1)c1ccc(Cl)c(Br)c1. The zero-order chi connectivity index (χ0) is 14.8. The maximum Gasteiger partial charge on any atom is 0.0705 e. The molecular formula is C17H14BrClN2. The van der Waals surface area contributed by atoms with Gasteiger partial charge in [-0.15, -0.1) is 0 Å². The number of halogens is 2.